The zero-order valence-corrected chi connectivity index (χ0v) is 18.4. The molecule has 0 aliphatic carbocycles. The van der Waals surface area contributed by atoms with E-state index in [0.717, 1.165) is 34.7 Å². The molecule has 0 unspecified atom stereocenters. The number of fused-ring (bicyclic) bond motifs is 1. The number of ether oxygens (including phenoxy) is 1. The van der Waals surface area contributed by atoms with Gasteiger partial charge in [-0.05, 0) is 53.6 Å². The topological polar surface area (TPSA) is 60.2 Å². The summed E-state index contributed by atoms with van der Waals surface area (Å²) in [6.45, 7) is 1.62. The maximum Gasteiger partial charge on any atom is 0.274 e. The second-order valence-electron chi connectivity index (χ2n) is 8.45. The molecule has 6 nitrogen and oxygen atoms in total. The van der Waals surface area contributed by atoms with Gasteiger partial charge < -0.3 is 14.2 Å². The lowest BCUT2D eigenvalue weighted by Crippen LogP contribution is -2.43. The van der Waals surface area contributed by atoms with Crippen molar-refractivity contribution in [2.45, 2.75) is 25.4 Å². The summed E-state index contributed by atoms with van der Waals surface area (Å²) in [7, 11) is 1.84. The fourth-order valence-electron chi connectivity index (χ4n) is 4.37. The third kappa shape index (κ3) is 4.50. The molecule has 4 aromatic rings. The first-order valence-electron chi connectivity index (χ1n) is 11.1. The van der Waals surface area contributed by atoms with E-state index in [1.165, 1.54) is 6.07 Å². The van der Waals surface area contributed by atoms with Crippen LogP contribution in [0, 0.1) is 5.82 Å². The number of carbonyl (C=O) groups is 1. The van der Waals surface area contributed by atoms with Gasteiger partial charge in [-0.15, -0.1) is 0 Å². The number of rotatable bonds is 5. The van der Waals surface area contributed by atoms with Crippen LogP contribution in [0.15, 0.2) is 67.4 Å². The standard InChI is InChI=1S/C26H25FN4O2/c1-30-16-25(29-17-30)26(32)31(22-7-10-33-11-8-22)15-18-2-5-24(27)23(12-18)20-3-4-21-14-28-9-6-19(21)13-20/h2-6,9,12-14,16-17,22H,7-8,10-11,15H2,1H3. The minimum atomic E-state index is -0.291. The third-order valence-corrected chi connectivity index (χ3v) is 6.15. The quantitative estimate of drug-likeness (QED) is 0.452. The average molecular weight is 445 g/mol. The van der Waals surface area contributed by atoms with Crippen molar-refractivity contribution in [1.29, 1.82) is 0 Å². The average Bonchev–Trinajstić information content (AvgIpc) is 3.29. The molecule has 1 aliphatic rings. The number of hydrogen-bond acceptors (Lipinski definition) is 4. The van der Waals surface area contributed by atoms with Gasteiger partial charge in [-0.25, -0.2) is 9.37 Å². The van der Waals surface area contributed by atoms with Crippen LogP contribution in [0.2, 0.25) is 0 Å². The normalized spacial score (nSPS) is 14.5. The lowest BCUT2D eigenvalue weighted by Gasteiger charge is -2.34. The van der Waals surface area contributed by atoms with E-state index in [4.69, 9.17) is 4.74 Å². The molecule has 0 atom stereocenters. The molecule has 0 saturated carbocycles. The first-order valence-corrected chi connectivity index (χ1v) is 11.1. The summed E-state index contributed by atoms with van der Waals surface area (Å²) in [5.74, 6) is -0.410. The van der Waals surface area contributed by atoms with Gasteiger partial charge in [-0.2, -0.15) is 0 Å². The highest BCUT2D eigenvalue weighted by Crippen LogP contribution is 2.29. The summed E-state index contributed by atoms with van der Waals surface area (Å²) < 4.78 is 22.1. The summed E-state index contributed by atoms with van der Waals surface area (Å²) in [4.78, 5) is 23.6. The molecule has 5 rings (SSSR count). The Bertz CT molecular complexity index is 1300. The van der Waals surface area contributed by atoms with Crippen LogP contribution in [0.4, 0.5) is 4.39 Å². The first-order chi connectivity index (χ1) is 16.1. The van der Waals surface area contributed by atoms with Crippen LogP contribution in [-0.4, -0.2) is 44.6 Å². The summed E-state index contributed by atoms with van der Waals surface area (Å²) >= 11 is 0. The number of halogens is 1. The Morgan fingerprint density at radius 1 is 1.15 bits per heavy atom. The van der Waals surface area contributed by atoms with Gasteiger partial charge in [-0.1, -0.05) is 18.2 Å². The first kappa shape index (κ1) is 21.3. The Morgan fingerprint density at radius 3 is 2.79 bits per heavy atom. The van der Waals surface area contributed by atoms with E-state index >= 15 is 0 Å². The predicted octanol–water partition coefficient (Wildman–Crippen LogP) is 4.60. The van der Waals surface area contributed by atoms with Gasteiger partial charge in [0.25, 0.3) is 5.91 Å². The van der Waals surface area contributed by atoms with E-state index in [0.29, 0.717) is 31.0 Å². The lowest BCUT2D eigenvalue weighted by molar-refractivity contribution is 0.0264. The van der Waals surface area contributed by atoms with Gasteiger partial charge in [-0.3, -0.25) is 9.78 Å². The fraction of sp³-hybridized carbons (Fsp3) is 0.269. The van der Waals surface area contributed by atoms with Crippen LogP contribution in [0.5, 0.6) is 0 Å². The Hall–Kier alpha value is -3.58. The van der Waals surface area contributed by atoms with Crippen LogP contribution >= 0.6 is 0 Å². The molecule has 7 heteroatoms. The number of amides is 1. The van der Waals surface area contributed by atoms with Crippen molar-refractivity contribution in [3.8, 4) is 11.1 Å². The second-order valence-corrected chi connectivity index (χ2v) is 8.45. The largest absolute Gasteiger partial charge is 0.381 e. The van der Waals surface area contributed by atoms with Crippen LogP contribution in [0.25, 0.3) is 21.9 Å². The van der Waals surface area contributed by atoms with E-state index in [9.17, 15) is 9.18 Å². The molecular formula is C26H25FN4O2. The summed E-state index contributed by atoms with van der Waals surface area (Å²) in [6.07, 6.45) is 8.42. The van der Waals surface area contributed by atoms with E-state index in [-0.39, 0.29) is 17.8 Å². The number of aryl methyl sites for hydroxylation is 1. The number of imidazole rings is 1. The smallest absolute Gasteiger partial charge is 0.274 e. The molecule has 0 N–H and O–H groups in total. The zero-order chi connectivity index (χ0) is 22.8. The van der Waals surface area contributed by atoms with E-state index in [2.05, 4.69) is 9.97 Å². The molecule has 1 aliphatic heterocycles. The van der Waals surface area contributed by atoms with Gasteiger partial charge in [0.2, 0.25) is 0 Å². The molecule has 168 valence electrons. The fourth-order valence-corrected chi connectivity index (χ4v) is 4.37. The Kier molecular flexibility index (Phi) is 5.88. The molecular weight excluding hydrogens is 419 g/mol. The molecule has 2 aromatic heterocycles. The number of aromatic nitrogens is 3. The SMILES string of the molecule is Cn1cnc(C(=O)N(Cc2ccc(F)c(-c3ccc4cnccc4c3)c2)C2CCOCC2)c1. The molecule has 33 heavy (non-hydrogen) atoms. The van der Waals surface area contributed by atoms with Crippen molar-refractivity contribution < 1.29 is 13.9 Å². The van der Waals surface area contributed by atoms with Crippen molar-refractivity contribution in [3.63, 3.8) is 0 Å². The summed E-state index contributed by atoms with van der Waals surface area (Å²) in [6, 6.07) is 12.9. The Balaban J connectivity index is 1.48. The monoisotopic (exact) mass is 444 g/mol. The van der Waals surface area contributed by atoms with Crippen molar-refractivity contribution in [3.05, 3.63) is 84.5 Å². The number of pyridine rings is 1. The van der Waals surface area contributed by atoms with Crippen LogP contribution < -0.4 is 0 Å². The third-order valence-electron chi connectivity index (χ3n) is 6.15. The number of hydrogen-bond donors (Lipinski definition) is 0. The maximum absolute atomic E-state index is 14.9. The molecule has 1 fully saturated rings. The van der Waals surface area contributed by atoms with Gasteiger partial charge in [0.05, 0.1) is 6.33 Å². The van der Waals surface area contributed by atoms with Crippen molar-refractivity contribution in [2.75, 3.05) is 13.2 Å². The van der Waals surface area contributed by atoms with Crippen molar-refractivity contribution in [2.24, 2.45) is 7.05 Å². The van der Waals surface area contributed by atoms with Crippen LogP contribution in [0.3, 0.4) is 0 Å². The van der Waals surface area contributed by atoms with E-state index in [1.807, 2.05) is 42.3 Å². The molecule has 2 aromatic carbocycles. The zero-order valence-electron chi connectivity index (χ0n) is 18.4. The lowest BCUT2D eigenvalue weighted by atomic mass is 9.99. The predicted molar refractivity (Wildman–Crippen MR) is 124 cm³/mol. The highest BCUT2D eigenvalue weighted by molar-refractivity contribution is 5.92. The molecule has 0 bridgehead atoms. The minimum absolute atomic E-state index is 0.0509. The maximum atomic E-state index is 14.9. The van der Waals surface area contributed by atoms with Gasteiger partial charge in [0.1, 0.15) is 11.5 Å². The van der Waals surface area contributed by atoms with Crippen molar-refractivity contribution >= 4 is 16.7 Å². The second kappa shape index (κ2) is 9.11. The van der Waals surface area contributed by atoms with Gasteiger partial charge >= 0.3 is 0 Å². The summed E-state index contributed by atoms with van der Waals surface area (Å²) in [5.41, 5.74) is 2.59. The minimum Gasteiger partial charge on any atom is -0.381 e. The van der Waals surface area contributed by atoms with Gasteiger partial charge in [0.15, 0.2) is 0 Å². The Morgan fingerprint density at radius 2 is 2.00 bits per heavy atom. The Labute approximate surface area is 191 Å². The molecule has 0 spiro atoms. The van der Waals surface area contributed by atoms with Gasteiger partial charge in [0, 0.05) is 62.4 Å². The number of benzene rings is 2. The highest BCUT2D eigenvalue weighted by Gasteiger charge is 2.28. The number of carbonyl (C=O) groups excluding carboxylic acids is 1. The molecule has 3 heterocycles. The van der Waals surface area contributed by atoms with Crippen molar-refractivity contribution in [1.82, 2.24) is 19.4 Å². The van der Waals surface area contributed by atoms with E-state index < -0.39 is 0 Å². The van der Waals surface area contributed by atoms with E-state index in [1.54, 1.807) is 35.6 Å². The molecule has 0 radical (unpaired) electrons. The summed E-state index contributed by atoms with van der Waals surface area (Å²) in [5, 5.41) is 2.01. The van der Waals surface area contributed by atoms with Crippen LogP contribution in [-0.2, 0) is 18.3 Å². The molecule has 1 amide bonds. The van der Waals surface area contributed by atoms with Crippen LogP contribution in [0.1, 0.15) is 28.9 Å². The highest BCUT2D eigenvalue weighted by atomic mass is 19.1. The molecule has 1 saturated heterocycles. The number of nitrogens with zero attached hydrogens (tertiary/aromatic N) is 4.